The number of nitro benzene ring substituents is 1. The summed E-state index contributed by atoms with van der Waals surface area (Å²) >= 11 is 0. The van der Waals surface area contributed by atoms with Crippen molar-refractivity contribution in [2.24, 2.45) is 5.73 Å². The number of fused-ring (bicyclic) bond motifs is 1. The number of carbonyl (C=O) groups is 3. The molecule has 0 aliphatic carbocycles. The van der Waals surface area contributed by atoms with E-state index < -0.39 is 40.4 Å². The summed E-state index contributed by atoms with van der Waals surface area (Å²) < 4.78 is 13.9. The molecule has 2 N–H and O–H groups in total. The van der Waals surface area contributed by atoms with Crippen LogP contribution in [0, 0.1) is 10.1 Å². The highest BCUT2D eigenvalue weighted by Gasteiger charge is 2.33. The quantitative estimate of drug-likeness (QED) is 0.164. The zero-order valence-electron chi connectivity index (χ0n) is 24.2. The molecule has 3 aromatic carbocycles. The minimum absolute atomic E-state index is 0.0375. The van der Waals surface area contributed by atoms with Gasteiger partial charge in [0, 0.05) is 25.3 Å². The summed E-state index contributed by atoms with van der Waals surface area (Å²) in [5, 5.41) is 12.5. The van der Waals surface area contributed by atoms with E-state index in [0.29, 0.717) is 29.2 Å². The summed E-state index contributed by atoms with van der Waals surface area (Å²) in [7, 11) is 2.66. The largest absolute Gasteiger partial charge is 0.497 e. The maximum atomic E-state index is 14.3. The van der Waals surface area contributed by atoms with Crippen LogP contribution in [-0.2, 0) is 29.0 Å². The van der Waals surface area contributed by atoms with Gasteiger partial charge in [0.1, 0.15) is 5.75 Å². The number of primary amides is 1. The second kappa shape index (κ2) is 12.5. The summed E-state index contributed by atoms with van der Waals surface area (Å²) in [5.74, 6) is -0.829. The SMILES string of the molecule is COc1cccc(Cn2c(=O)n(CC3CCCO3)c3c(C(=O)c4ccccc4)cc([N+](=O)[O-])c(CC(=O)N(C)C(N)=O)c32)c1. The second-order valence-corrected chi connectivity index (χ2v) is 10.5. The molecule has 44 heavy (non-hydrogen) atoms. The third-order valence-electron chi connectivity index (χ3n) is 7.75. The van der Waals surface area contributed by atoms with Gasteiger partial charge in [-0.3, -0.25) is 33.7 Å². The number of likely N-dealkylation sites (N-methyl/N-ethyl adjacent to an activating group) is 1. The van der Waals surface area contributed by atoms with Crippen molar-refractivity contribution in [3.63, 3.8) is 0 Å². The molecule has 0 radical (unpaired) electrons. The van der Waals surface area contributed by atoms with Gasteiger partial charge in [-0.15, -0.1) is 0 Å². The number of amides is 3. The molecule has 2 heterocycles. The monoisotopic (exact) mass is 601 g/mol. The Bertz CT molecular complexity index is 1820. The van der Waals surface area contributed by atoms with E-state index in [1.54, 1.807) is 54.6 Å². The Labute approximate surface area is 251 Å². The van der Waals surface area contributed by atoms with Crippen molar-refractivity contribution in [3.8, 4) is 5.75 Å². The van der Waals surface area contributed by atoms with Crippen LogP contribution >= 0.6 is 0 Å². The number of nitrogens with two attached hydrogens (primary N) is 1. The Morgan fingerprint density at radius 1 is 1.09 bits per heavy atom. The average Bonchev–Trinajstić information content (AvgIpc) is 3.63. The van der Waals surface area contributed by atoms with Gasteiger partial charge in [0.05, 0.1) is 59.8 Å². The van der Waals surface area contributed by atoms with Gasteiger partial charge in [0.25, 0.3) is 5.69 Å². The van der Waals surface area contributed by atoms with Crippen LogP contribution in [0.15, 0.2) is 65.5 Å². The number of methoxy groups -OCH3 is 1. The molecule has 0 saturated carbocycles. The first kappa shape index (κ1) is 30.2. The Morgan fingerprint density at radius 2 is 1.84 bits per heavy atom. The van der Waals surface area contributed by atoms with Crippen LogP contribution in [0.5, 0.6) is 5.75 Å². The molecule has 0 spiro atoms. The molecule has 13 heteroatoms. The highest BCUT2D eigenvalue weighted by Crippen LogP contribution is 2.34. The van der Waals surface area contributed by atoms with Crippen LogP contribution in [0.3, 0.4) is 0 Å². The highest BCUT2D eigenvalue weighted by molar-refractivity contribution is 6.17. The van der Waals surface area contributed by atoms with Crippen LogP contribution in [0.1, 0.15) is 39.9 Å². The minimum atomic E-state index is -1.05. The normalized spacial score (nSPS) is 14.5. The Balaban J connectivity index is 1.86. The average molecular weight is 602 g/mol. The molecule has 1 saturated heterocycles. The summed E-state index contributed by atoms with van der Waals surface area (Å²) in [6.45, 7) is 0.544. The van der Waals surface area contributed by atoms with E-state index >= 15 is 0 Å². The van der Waals surface area contributed by atoms with Crippen molar-refractivity contribution in [3.05, 3.63) is 104 Å². The molecular weight excluding hydrogens is 570 g/mol. The number of urea groups is 1. The van der Waals surface area contributed by atoms with Crippen LogP contribution in [0.25, 0.3) is 11.0 Å². The van der Waals surface area contributed by atoms with Crippen LogP contribution in [0.2, 0.25) is 0 Å². The smallest absolute Gasteiger partial charge is 0.329 e. The van der Waals surface area contributed by atoms with Crippen LogP contribution in [0.4, 0.5) is 10.5 Å². The van der Waals surface area contributed by atoms with E-state index in [2.05, 4.69) is 0 Å². The van der Waals surface area contributed by atoms with Crippen LogP contribution in [-0.4, -0.2) is 63.5 Å². The molecule has 1 aromatic heterocycles. The number of ether oxygens (including phenoxy) is 2. The second-order valence-electron chi connectivity index (χ2n) is 10.5. The topological polar surface area (TPSA) is 169 Å². The van der Waals surface area contributed by atoms with Crippen molar-refractivity contribution in [1.82, 2.24) is 14.0 Å². The predicted octanol–water partition coefficient (Wildman–Crippen LogP) is 3.26. The van der Waals surface area contributed by atoms with Crippen molar-refractivity contribution in [2.75, 3.05) is 20.8 Å². The number of rotatable bonds is 10. The van der Waals surface area contributed by atoms with E-state index in [4.69, 9.17) is 15.2 Å². The molecule has 228 valence electrons. The Hall–Kier alpha value is -5.30. The van der Waals surface area contributed by atoms with Crippen molar-refractivity contribution in [1.29, 1.82) is 0 Å². The van der Waals surface area contributed by atoms with Crippen molar-refractivity contribution >= 4 is 34.4 Å². The summed E-state index contributed by atoms with van der Waals surface area (Å²) in [6.07, 6.45) is 0.513. The van der Waals surface area contributed by atoms with E-state index in [9.17, 15) is 29.3 Å². The zero-order chi connectivity index (χ0) is 31.5. The number of imide groups is 1. The first-order chi connectivity index (χ1) is 21.1. The van der Waals surface area contributed by atoms with E-state index in [1.165, 1.54) is 16.2 Å². The third-order valence-corrected chi connectivity index (χ3v) is 7.75. The zero-order valence-corrected chi connectivity index (χ0v) is 24.2. The molecule has 13 nitrogen and oxygen atoms in total. The summed E-state index contributed by atoms with van der Waals surface area (Å²) in [4.78, 5) is 65.7. The highest BCUT2D eigenvalue weighted by atomic mass is 16.6. The number of hydrogen-bond donors (Lipinski definition) is 1. The van der Waals surface area contributed by atoms with Gasteiger partial charge in [-0.1, -0.05) is 42.5 Å². The number of hydrogen-bond acceptors (Lipinski definition) is 8. The maximum Gasteiger partial charge on any atom is 0.329 e. The third kappa shape index (κ3) is 5.81. The Kier molecular flexibility index (Phi) is 8.58. The minimum Gasteiger partial charge on any atom is -0.497 e. The van der Waals surface area contributed by atoms with E-state index in [-0.39, 0.29) is 46.9 Å². The van der Waals surface area contributed by atoms with Gasteiger partial charge in [-0.25, -0.2) is 9.59 Å². The molecule has 5 rings (SSSR count). The molecule has 1 aliphatic heterocycles. The fraction of sp³-hybridized carbons (Fsp3) is 0.290. The van der Waals surface area contributed by atoms with E-state index in [0.717, 1.165) is 19.5 Å². The molecule has 1 fully saturated rings. The van der Waals surface area contributed by atoms with Crippen molar-refractivity contribution in [2.45, 2.75) is 38.5 Å². The molecule has 0 bridgehead atoms. The lowest BCUT2D eigenvalue weighted by Gasteiger charge is -2.16. The first-order valence-corrected chi connectivity index (χ1v) is 13.9. The lowest BCUT2D eigenvalue weighted by molar-refractivity contribution is -0.385. The van der Waals surface area contributed by atoms with Gasteiger partial charge >= 0.3 is 11.7 Å². The maximum absolute atomic E-state index is 14.3. The molecule has 4 aromatic rings. The molecule has 1 aliphatic rings. The fourth-order valence-electron chi connectivity index (χ4n) is 5.49. The lowest BCUT2D eigenvalue weighted by atomic mass is 9.96. The number of nitrogens with zero attached hydrogens (tertiary/aromatic N) is 4. The van der Waals surface area contributed by atoms with Gasteiger partial charge in [-0.2, -0.15) is 0 Å². The van der Waals surface area contributed by atoms with Gasteiger partial charge < -0.3 is 15.2 Å². The van der Waals surface area contributed by atoms with Gasteiger partial charge in [0.2, 0.25) is 5.91 Å². The van der Waals surface area contributed by atoms with Gasteiger partial charge in [0.15, 0.2) is 5.78 Å². The van der Waals surface area contributed by atoms with E-state index in [1.807, 2.05) is 0 Å². The lowest BCUT2D eigenvalue weighted by Crippen LogP contribution is -2.38. The molecule has 3 amide bonds. The predicted molar refractivity (Wildman–Crippen MR) is 160 cm³/mol. The van der Waals surface area contributed by atoms with Crippen molar-refractivity contribution < 1.29 is 28.8 Å². The standard InChI is InChI=1S/C31H31N5O8/c1-33(30(32)39)26(37)16-23-25(36(41)42)15-24(29(38)20-9-4-3-5-10-20)28-27(23)34(17-19-8-6-11-21(14-19)43-2)31(40)35(28)18-22-12-7-13-44-22/h3-6,8-11,14-15,22H,7,12-13,16-18H2,1-2H3,(H2,32,39). The Morgan fingerprint density at radius 3 is 2.48 bits per heavy atom. The number of nitro groups is 1. The number of benzene rings is 3. The summed E-state index contributed by atoms with van der Waals surface area (Å²) in [6, 6.07) is 15.2. The molecule has 1 atom stereocenters. The number of aromatic nitrogens is 2. The number of carbonyl (C=O) groups excluding carboxylic acids is 3. The molecular formula is C31H31N5O8. The van der Waals surface area contributed by atoms with Crippen LogP contribution < -0.4 is 16.2 Å². The first-order valence-electron chi connectivity index (χ1n) is 13.9. The van der Waals surface area contributed by atoms with Gasteiger partial charge in [-0.05, 0) is 30.5 Å². The summed E-state index contributed by atoms with van der Waals surface area (Å²) in [5.41, 5.74) is 5.09. The number of ketones is 1. The number of imidazole rings is 1. The molecule has 1 unspecified atom stereocenters. The fourth-order valence-corrected chi connectivity index (χ4v) is 5.49.